The van der Waals surface area contributed by atoms with E-state index in [2.05, 4.69) is 15.2 Å². The highest BCUT2D eigenvalue weighted by Gasteiger charge is 2.35. The molecule has 4 rings (SSSR count). The van der Waals surface area contributed by atoms with Crippen molar-refractivity contribution >= 4 is 23.4 Å². The molecule has 1 aromatic heterocycles. The Labute approximate surface area is 168 Å². The Morgan fingerprint density at radius 3 is 2.64 bits per heavy atom. The van der Waals surface area contributed by atoms with E-state index in [0.29, 0.717) is 16.7 Å². The third kappa shape index (κ3) is 3.11. The van der Waals surface area contributed by atoms with E-state index < -0.39 is 6.23 Å². The third-order valence-electron chi connectivity index (χ3n) is 4.74. The van der Waals surface area contributed by atoms with Crippen LogP contribution >= 0.6 is 11.8 Å². The number of carbonyl (C=O) groups excluding carboxylic acids is 1. The molecule has 2 heterocycles. The van der Waals surface area contributed by atoms with E-state index in [0.717, 1.165) is 27.9 Å². The van der Waals surface area contributed by atoms with Crippen LogP contribution in [0.5, 0.6) is 5.88 Å². The Kier molecular flexibility index (Phi) is 4.77. The van der Waals surface area contributed by atoms with Gasteiger partial charge >= 0.3 is 0 Å². The monoisotopic (exact) mass is 392 g/mol. The molecule has 0 N–H and O–H groups in total. The van der Waals surface area contributed by atoms with Crippen molar-refractivity contribution in [3.63, 3.8) is 0 Å². The minimum absolute atomic E-state index is 0.121. The molecule has 1 aliphatic rings. The number of rotatable bonds is 2. The van der Waals surface area contributed by atoms with Gasteiger partial charge in [0, 0.05) is 18.1 Å². The van der Waals surface area contributed by atoms with Gasteiger partial charge in [0.1, 0.15) is 0 Å². The number of nitrogens with zero attached hydrogens (tertiary/aromatic N) is 4. The SMILES string of the molecule is CSc1nnc2c(n1)OC(c1ccccc1C)N(C(C)=O)c1ccc(C)cc1-2. The summed E-state index contributed by atoms with van der Waals surface area (Å²) in [6.45, 7) is 5.55. The highest BCUT2D eigenvalue weighted by molar-refractivity contribution is 7.98. The van der Waals surface area contributed by atoms with Gasteiger partial charge in [-0.05, 0) is 37.8 Å². The van der Waals surface area contributed by atoms with Gasteiger partial charge in [-0.25, -0.2) is 0 Å². The van der Waals surface area contributed by atoms with Crippen molar-refractivity contribution < 1.29 is 9.53 Å². The number of anilines is 1. The number of ether oxygens (including phenoxy) is 1. The summed E-state index contributed by atoms with van der Waals surface area (Å²) < 4.78 is 6.34. The van der Waals surface area contributed by atoms with Gasteiger partial charge in [0.25, 0.3) is 0 Å². The van der Waals surface area contributed by atoms with Gasteiger partial charge in [-0.1, -0.05) is 47.7 Å². The lowest BCUT2D eigenvalue weighted by molar-refractivity contribution is -0.118. The molecule has 1 amide bonds. The summed E-state index contributed by atoms with van der Waals surface area (Å²) in [4.78, 5) is 19.0. The standard InChI is InChI=1S/C21H20N4O2S/c1-12-9-10-17-16(11-12)18-19(22-21(28-4)24-23-18)27-20(25(17)14(3)26)15-8-6-5-7-13(15)2/h5-11,20H,1-4H3. The average Bonchev–Trinajstić information content (AvgIpc) is 2.82. The first-order valence-electron chi connectivity index (χ1n) is 8.91. The van der Waals surface area contributed by atoms with Crippen LogP contribution < -0.4 is 9.64 Å². The molecule has 0 aliphatic carbocycles. The van der Waals surface area contributed by atoms with Crippen molar-refractivity contribution in [2.45, 2.75) is 32.2 Å². The minimum Gasteiger partial charge on any atom is -0.447 e. The van der Waals surface area contributed by atoms with E-state index in [1.165, 1.54) is 11.8 Å². The van der Waals surface area contributed by atoms with Crippen LogP contribution in [0.1, 0.15) is 29.8 Å². The highest BCUT2D eigenvalue weighted by atomic mass is 32.2. The van der Waals surface area contributed by atoms with Crippen LogP contribution in [-0.2, 0) is 4.79 Å². The molecule has 0 spiro atoms. The van der Waals surface area contributed by atoms with Gasteiger partial charge in [0.05, 0.1) is 5.69 Å². The first-order chi connectivity index (χ1) is 13.5. The van der Waals surface area contributed by atoms with Crippen LogP contribution in [-0.4, -0.2) is 27.3 Å². The van der Waals surface area contributed by atoms with Crippen LogP contribution in [0.25, 0.3) is 11.3 Å². The van der Waals surface area contributed by atoms with Gasteiger partial charge in [-0.15, -0.1) is 10.2 Å². The number of aryl methyl sites for hydroxylation is 2. The van der Waals surface area contributed by atoms with E-state index >= 15 is 0 Å². The number of aromatic nitrogens is 3. The van der Waals surface area contributed by atoms with E-state index in [1.807, 2.05) is 62.6 Å². The largest absolute Gasteiger partial charge is 0.447 e. The summed E-state index contributed by atoms with van der Waals surface area (Å²) in [6, 6.07) is 13.8. The van der Waals surface area contributed by atoms with Gasteiger partial charge in [0.15, 0.2) is 5.69 Å². The summed E-state index contributed by atoms with van der Waals surface area (Å²) in [7, 11) is 0. The molecule has 0 fully saturated rings. The molecule has 2 aromatic carbocycles. The van der Waals surface area contributed by atoms with Crippen molar-refractivity contribution in [1.29, 1.82) is 0 Å². The van der Waals surface area contributed by atoms with Gasteiger partial charge in [0.2, 0.25) is 23.2 Å². The molecule has 0 bridgehead atoms. The molecule has 0 saturated heterocycles. The summed E-state index contributed by atoms with van der Waals surface area (Å²) in [6.07, 6.45) is 1.24. The Morgan fingerprint density at radius 2 is 1.93 bits per heavy atom. The first kappa shape index (κ1) is 18.4. The van der Waals surface area contributed by atoms with Gasteiger partial charge < -0.3 is 4.74 Å². The zero-order valence-electron chi connectivity index (χ0n) is 16.1. The molecule has 1 unspecified atom stereocenters. The molecular weight excluding hydrogens is 372 g/mol. The Bertz CT molecular complexity index is 1070. The highest BCUT2D eigenvalue weighted by Crippen LogP contribution is 2.44. The van der Waals surface area contributed by atoms with E-state index in [4.69, 9.17) is 4.74 Å². The second-order valence-corrected chi connectivity index (χ2v) is 7.46. The van der Waals surface area contributed by atoms with E-state index in [-0.39, 0.29) is 5.91 Å². The predicted molar refractivity (Wildman–Crippen MR) is 109 cm³/mol. The van der Waals surface area contributed by atoms with E-state index in [9.17, 15) is 4.79 Å². The molecule has 6 nitrogen and oxygen atoms in total. The molecule has 1 aliphatic heterocycles. The van der Waals surface area contributed by atoms with Crippen molar-refractivity contribution in [1.82, 2.24) is 15.2 Å². The normalized spacial score (nSPS) is 15.3. The lowest BCUT2D eigenvalue weighted by Crippen LogP contribution is -2.36. The fourth-order valence-corrected chi connectivity index (χ4v) is 3.67. The maximum atomic E-state index is 12.8. The maximum Gasteiger partial charge on any atom is 0.247 e. The van der Waals surface area contributed by atoms with E-state index in [1.54, 1.807) is 11.8 Å². The summed E-state index contributed by atoms with van der Waals surface area (Å²) in [5, 5.41) is 9.09. The van der Waals surface area contributed by atoms with Crippen LogP contribution in [0, 0.1) is 13.8 Å². The molecular formula is C21H20N4O2S. The molecule has 28 heavy (non-hydrogen) atoms. The zero-order chi connectivity index (χ0) is 19.8. The first-order valence-corrected chi connectivity index (χ1v) is 10.1. The van der Waals surface area contributed by atoms with Gasteiger partial charge in [-0.2, -0.15) is 4.98 Å². The fraction of sp³-hybridized carbons (Fsp3) is 0.238. The number of amides is 1. The lowest BCUT2D eigenvalue weighted by Gasteiger charge is -2.30. The Hall–Kier alpha value is -2.93. The molecule has 0 radical (unpaired) electrons. The van der Waals surface area contributed by atoms with Crippen molar-refractivity contribution in [3.05, 3.63) is 59.2 Å². The topological polar surface area (TPSA) is 68.2 Å². The number of fused-ring (bicyclic) bond motifs is 3. The number of thioether (sulfide) groups is 1. The molecule has 7 heteroatoms. The maximum absolute atomic E-state index is 12.8. The second kappa shape index (κ2) is 7.24. The zero-order valence-corrected chi connectivity index (χ0v) is 16.9. The molecule has 3 aromatic rings. The molecule has 142 valence electrons. The fourth-order valence-electron chi connectivity index (χ4n) is 3.37. The van der Waals surface area contributed by atoms with Crippen LogP contribution in [0.15, 0.2) is 47.6 Å². The van der Waals surface area contributed by atoms with Gasteiger partial charge in [-0.3, -0.25) is 9.69 Å². The summed E-state index contributed by atoms with van der Waals surface area (Å²) >= 11 is 1.39. The summed E-state index contributed by atoms with van der Waals surface area (Å²) in [5.41, 5.74) is 5.05. The average molecular weight is 392 g/mol. The third-order valence-corrected chi connectivity index (χ3v) is 5.27. The van der Waals surface area contributed by atoms with Crippen LogP contribution in [0.4, 0.5) is 5.69 Å². The number of carbonyl (C=O) groups is 1. The van der Waals surface area contributed by atoms with Crippen molar-refractivity contribution in [2.75, 3.05) is 11.2 Å². The minimum atomic E-state index is -0.646. The lowest BCUT2D eigenvalue weighted by atomic mass is 10.0. The predicted octanol–water partition coefficient (Wildman–Crippen LogP) is 4.32. The van der Waals surface area contributed by atoms with Crippen LogP contribution in [0.2, 0.25) is 0 Å². The van der Waals surface area contributed by atoms with Crippen molar-refractivity contribution in [3.8, 4) is 17.1 Å². The van der Waals surface area contributed by atoms with Crippen molar-refractivity contribution in [2.24, 2.45) is 0 Å². The smallest absolute Gasteiger partial charge is 0.247 e. The summed E-state index contributed by atoms with van der Waals surface area (Å²) in [5.74, 6) is 0.257. The second-order valence-electron chi connectivity index (χ2n) is 6.69. The Balaban J connectivity index is 2.02. The quantitative estimate of drug-likeness (QED) is 0.605. The number of hydrogen-bond acceptors (Lipinski definition) is 6. The molecule has 1 atom stereocenters. The number of benzene rings is 2. The Morgan fingerprint density at radius 1 is 1.14 bits per heavy atom. The molecule has 0 saturated carbocycles. The van der Waals surface area contributed by atoms with Crippen LogP contribution in [0.3, 0.4) is 0 Å². The number of hydrogen-bond donors (Lipinski definition) is 0.